The second kappa shape index (κ2) is 7.99. The van der Waals surface area contributed by atoms with Crippen LogP contribution in [0.25, 0.3) is 0 Å². The molecule has 0 saturated heterocycles. The van der Waals surface area contributed by atoms with E-state index in [4.69, 9.17) is 4.74 Å². The Morgan fingerprint density at radius 3 is 2.60 bits per heavy atom. The number of carbonyl (C=O) groups is 1. The molecule has 112 valence electrons. The van der Waals surface area contributed by atoms with Crippen molar-refractivity contribution in [2.24, 2.45) is 0 Å². The van der Waals surface area contributed by atoms with Crippen molar-refractivity contribution in [2.45, 2.75) is 6.18 Å². The van der Waals surface area contributed by atoms with E-state index < -0.39 is 17.6 Å². The zero-order valence-electron chi connectivity index (χ0n) is 10.3. The van der Waals surface area contributed by atoms with Crippen molar-refractivity contribution in [3.63, 3.8) is 0 Å². The number of amides is 1. The van der Waals surface area contributed by atoms with Crippen molar-refractivity contribution in [1.82, 2.24) is 5.32 Å². The molecule has 0 saturated carbocycles. The molecule has 8 heteroatoms. The minimum atomic E-state index is -4.48. The Hall–Kier alpha value is -0.600. The second-order valence-electron chi connectivity index (χ2n) is 3.75. The summed E-state index contributed by atoms with van der Waals surface area (Å²) in [7, 11) is 0. The van der Waals surface area contributed by atoms with Crippen LogP contribution in [-0.2, 0) is 10.9 Å². The number of hydrogen-bond donors (Lipinski definition) is 1. The number of nitrogens with one attached hydrogen (secondary N) is 1. The van der Waals surface area contributed by atoms with Gasteiger partial charge in [-0.3, -0.25) is 4.79 Å². The molecule has 3 nitrogen and oxygen atoms in total. The van der Waals surface area contributed by atoms with Gasteiger partial charge in [0, 0.05) is 16.3 Å². The van der Waals surface area contributed by atoms with Gasteiger partial charge in [-0.2, -0.15) is 13.2 Å². The molecule has 0 aliphatic rings. The summed E-state index contributed by atoms with van der Waals surface area (Å²) < 4.78 is 43.2. The summed E-state index contributed by atoms with van der Waals surface area (Å²) in [5.74, 6) is -0.578. The van der Waals surface area contributed by atoms with Crippen LogP contribution in [0.1, 0.15) is 15.9 Å². The van der Waals surface area contributed by atoms with Crippen LogP contribution in [0.5, 0.6) is 0 Å². The molecule has 0 aliphatic carbocycles. The number of benzene rings is 1. The highest BCUT2D eigenvalue weighted by atomic mass is 79.9. The van der Waals surface area contributed by atoms with Crippen LogP contribution in [0.15, 0.2) is 22.7 Å². The normalized spacial score (nSPS) is 11.4. The first-order valence-corrected chi connectivity index (χ1v) is 7.56. The molecule has 0 bridgehead atoms. The summed E-state index contributed by atoms with van der Waals surface area (Å²) in [6.45, 7) is 1.03. The molecule has 1 rings (SSSR count). The van der Waals surface area contributed by atoms with Crippen LogP contribution in [0.2, 0.25) is 0 Å². The van der Waals surface area contributed by atoms with E-state index in [-0.39, 0.29) is 12.1 Å². The first-order valence-electron chi connectivity index (χ1n) is 5.65. The molecule has 0 radical (unpaired) electrons. The van der Waals surface area contributed by atoms with Gasteiger partial charge in [0.2, 0.25) is 0 Å². The number of ether oxygens (including phenoxy) is 1. The molecule has 0 fully saturated rings. The highest BCUT2D eigenvalue weighted by Crippen LogP contribution is 2.31. The van der Waals surface area contributed by atoms with Crippen molar-refractivity contribution in [1.29, 1.82) is 0 Å². The molecule has 1 aromatic rings. The van der Waals surface area contributed by atoms with E-state index in [1.54, 1.807) is 0 Å². The number of halogens is 5. The van der Waals surface area contributed by atoms with Gasteiger partial charge < -0.3 is 10.1 Å². The summed E-state index contributed by atoms with van der Waals surface area (Å²) in [4.78, 5) is 11.8. The third kappa shape index (κ3) is 5.41. The Labute approximate surface area is 131 Å². The predicted octanol–water partition coefficient (Wildman–Crippen LogP) is 3.61. The Balaban J connectivity index is 2.67. The maximum Gasteiger partial charge on any atom is 0.416 e. The fourth-order valence-corrected chi connectivity index (χ4v) is 2.02. The van der Waals surface area contributed by atoms with E-state index in [0.717, 1.165) is 12.1 Å². The molecular formula is C12H12Br2F3NO2. The van der Waals surface area contributed by atoms with Crippen LogP contribution in [-0.4, -0.2) is 31.0 Å². The third-order valence-corrected chi connectivity index (χ3v) is 3.31. The van der Waals surface area contributed by atoms with Gasteiger partial charge in [-0.05, 0) is 34.1 Å². The highest BCUT2D eigenvalue weighted by Gasteiger charge is 2.31. The van der Waals surface area contributed by atoms with Crippen LogP contribution in [0, 0.1) is 0 Å². The van der Waals surface area contributed by atoms with Gasteiger partial charge in [0.25, 0.3) is 5.91 Å². The summed E-state index contributed by atoms with van der Waals surface area (Å²) in [6.07, 6.45) is -4.48. The quantitative estimate of drug-likeness (QED) is 0.566. The van der Waals surface area contributed by atoms with Crippen molar-refractivity contribution in [3.8, 4) is 0 Å². The molecule has 0 spiro atoms. The average Bonchev–Trinajstić information content (AvgIpc) is 2.37. The minimum Gasteiger partial charge on any atom is -0.379 e. The maximum atomic E-state index is 12.6. The molecular weight excluding hydrogens is 407 g/mol. The van der Waals surface area contributed by atoms with Gasteiger partial charge in [-0.15, -0.1) is 0 Å². The SMILES string of the molecule is O=C(NCCOCCBr)c1cc(C(F)(F)F)ccc1Br. The monoisotopic (exact) mass is 417 g/mol. The standard InChI is InChI=1S/C12H12Br2F3NO2/c13-3-5-20-6-4-18-11(19)9-7-8(12(15,16)17)1-2-10(9)14/h1-2,7H,3-6H2,(H,18,19). The molecule has 0 atom stereocenters. The third-order valence-electron chi connectivity index (χ3n) is 2.29. The van der Waals surface area contributed by atoms with Crippen LogP contribution in [0.3, 0.4) is 0 Å². The van der Waals surface area contributed by atoms with Gasteiger partial charge in [0.1, 0.15) is 0 Å². The van der Waals surface area contributed by atoms with Gasteiger partial charge in [0.05, 0.1) is 24.3 Å². The zero-order chi connectivity index (χ0) is 15.2. The molecule has 0 aliphatic heterocycles. The van der Waals surface area contributed by atoms with Crippen molar-refractivity contribution in [3.05, 3.63) is 33.8 Å². The van der Waals surface area contributed by atoms with Crippen LogP contribution >= 0.6 is 31.9 Å². The minimum absolute atomic E-state index is 0.0553. The van der Waals surface area contributed by atoms with E-state index in [1.807, 2.05) is 0 Å². The number of hydrogen-bond acceptors (Lipinski definition) is 2. The number of rotatable bonds is 6. The molecule has 1 N–H and O–H groups in total. The van der Waals surface area contributed by atoms with Gasteiger partial charge in [-0.1, -0.05) is 15.9 Å². The van der Waals surface area contributed by atoms with Crippen LogP contribution in [0.4, 0.5) is 13.2 Å². The van der Waals surface area contributed by atoms with Crippen LogP contribution < -0.4 is 5.32 Å². The van der Waals surface area contributed by atoms with Crippen molar-refractivity contribution in [2.75, 3.05) is 25.1 Å². The maximum absolute atomic E-state index is 12.6. The first kappa shape index (κ1) is 17.5. The summed E-state index contributed by atoms with van der Waals surface area (Å²) in [5, 5.41) is 3.18. The van der Waals surface area contributed by atoms with Gasteiger partial charge in [0.15, 0.2) is 0 Å². The lowest BCUT2D eigenvalue weighted by atomic mass is 10.1. The fourth-order valence-electron chi connectivity index (χ4n) is 1.36. The summed E-state index contributed by atoms with van der Waals surface area (Å²) >= 11 is 6.24. The van der Waals surface area contributed by atoms with Gasteiger partial charge >= 0.3 is 6.18 Å². The van der Waals surface area contributed by atoms with E-state index in [0.29, 0.717) is 23.0 Å². The lowest BCUT2D eigenvalue weighted by molar-refractivity contribution is -0.137. The average molecular weight is 419 g/mol. The zero-order valence-corrected chi connectivity index (χ0v) is 13.4. The molecule has 20 heavy (non-hydrogen) atoms. The fraction of sp³-hybridized carbons (Fsp3) is 0.417. The van der Waals surface area contributed by atoms with Crippen molar-refractivity contribution >= 4 is 37.8 Å². The largest absolute Gasteiger partial charge is 0.416 e. The lowest BCUT2D eigenvalue weighted by Gasteiger charge is -2.11. The Morgan fingerprint density at radius 2 is 2.00 bits per heavy atom. The first-order chi connectivity index (χ1) is 9.36. The second-order valence-corrected chi connectivity index (χ2v) is 5.40. The topological polar surface area (TPSA) is 38.3 Å². The molecule has 0 heterocycles. The summed E-state index contributed by atoms with van der Waals surface area (Å²) in [5.41, 5.74) is -0.915. The predicted molar refractivity (Wildman–Crippen MR) is 76.1 cm³/mol. The molecule has 0 aromatic heterocycles. The van der Waals surface area contributed by atoms with Gasteiger partial charge in [-0.25, -0.2) is 0 Å². The Morgan fingerprint density at radius 1 is 1.30 bits per heavy atom. The number of carbonyl (C=O) groups excluding carboxylic acids is 1. The van der Waals surface area contributed by atoms with E-state index in [2.05, 4.69) is 37.2 Å². The van der Waals surface area contributed by atoms with Crippen molar-refractivity contribution < 1.29 is 22.7 Å². The van der Waals surface area contributed by atoms with E-state index >= 15 is 0 Å². The van der Waals surface area contributed by atoms with E-state index in [1.165, 1.54) is 6.07 Å². The molecule has 0 unspecified atom stereocenters. The number of alkyl halides is 4. The lowest BCUT2D eigenvalue weighted by Crippen LogP contribution is -2.28. The molecule has 1 aromatic carbocycles. The van der Waals surface area contributed by atoms with E-state index in [9.17, 15) is 18.0 Å². The highest BCUT2D eigenvalue weighted by molar-refractivity contribution is 9.10. The summed E-state index contributed by atoms with van der Waals surface area (Å²) in [6, 6.07) is 2.94. The smallest absolute Gasteiger partial charge is 0.379 e. The molecule has 1 amide bonds. The Bertz CT molecular complexity index is 467. The Kier molecular flexibility index (Phi) is 6.97.